The molecular formula is C24H28N2O2. The number of carbonyl (C=O) groups is 1. The lowest BCUT2D eigenvalue weighted by molar-refractivity contribution is -0.231. The molecule has 2 aromatic carbocycles. The minimum absolute atomic E-state index is 0.0591. The van der Waals surface area contributed by atoms with E-state index in [2.05, 4.69) is 40.5 Å². The summed E-state index contributed by atoms with van der Waals surface area (Å²) in [6.07, 6.45) is 5.93. The highest BCUT2D eigenvalue weighted by molar-refractivity contribution is 5.97. The van der Waals surface area contributed by atoms with Crippen molar-refractivity contribution in [3.8, 4) is 5.75 Å². The molecule has 2 aliphatic carbocycles. The molecule has 2 aromatic rings. The largest absolute Gasteiger partial charge is 0.507 e. The smallest absolute Gasteiger partial charge is 0.255 e. The van der Waals surface area contributed by atoms with Crippen LogP contribution < -0.4 is 5.32 Å². The Kier molecular flexibility index (Phi) is 4.20. The molecule has 28 heavy (non-hydrogen) atoms. The molecule has 4 atom stereocenters. The molecule has 0 bridgehead atoms. The van der Waals surface area contributed by atoms with Crippen LogP contribution in [0, 0.1) is 12.3 Å². The second-order valence-corrected chi connectivity index (χ2v) is 8.93. The molecule has 1 amide bonds. The number of rotatable bonds is 4. The lowest BCUT2D eigenvalue weighted by Gasteiger charge is -2.73. The standard InChI is InChI=1S/C24H28N2O2/c1-16-7-8-20(27)19(13-16)23(28)25-18-9-11-24-12-10-21(24)26(22(24)14-18)15-17-5-3-2-4-6-17/h2-8,13,18,21-22,27H,9-12,14-15H2,1H3,(H,25,28)/t18-,21?,22?,24?/m0/s1. The molecule has 0 radical (unpaired) electrons. The van der Waals surface area contributed by atoms with Crippen LogP contribution in [0.4, 0.5) is 0 Å². The van der Waals surface area contributed by atoms with Gasteiger partial charge in [0.05, 0.1) is 5.56 Å². The molecule has 5 rings (SSSR count). The van der Waals surface area contributed by atoms with E-state index in [-0.39, 0.29) is 17.7 Å². The number of piperidine rings is 1. The van der Waals surface area contributed by atoms with Gasteiger partial charge in [-0.3, -0.25) is 9.69 Å². The van der Waals surface area contributed by atoms with E-state index in [0.717, 1.165) is 31.0 Å². The van der Waals surface area contributed by atoms with Crippen molar-refractivity contribution in [1.82, 2.24) is 10.2 Å². The Bertz CT molecular complexity index is 897. The number of phenols is 1. The van der Waals surface area contributed by atoms with Gasteiger partial charge in [0.1, 0.15) is 5.75 Å². The Balaban J connectivity index is 1.28. The Morgan fingerprint density at radius 3 is 2.68 bits per heavy atom. The number of nitrogens with one attached hydrogen (secondary N) is 1. The summed E-state index contributed by atoms with van der Waals surface area (Å²) in [5.74, 6) is -0.0926. The summed E-state index contributed by atoms with van der Waals surface area (Å²) in [6.45, 7) is 2.95. The van der Waals surface area contributed by atoms with E-state index in [0.29, 0.717) is 17.0 Å². The van der Waals surface area contributed by atoms with E-state index >= 15 is 0 Å². The third-order valence-electron chi connectivity index (χ3n) is 7.42. The van der Waals surface area contributed by atoms with Gasteiger partial charge >= 0.3 is 0 Å². The molecule has 1 saturated heterocycles. The highest BCUT2D eigenvalue weighted by Crippen LogP contribution is 2.64. The zero-order valence-corrected chi connectivity index (χ0v) is 16.4. The number of hydrogen-bond donors (Lipinski definition) is 2. The summed E-state index contributed by atoms with van der Waals surface area (Å²) < 4.78 is 0. The molecule has 3 fully saturated rings. The fourth-order valence-corrected chi connectivity index (χ4v) is 5.89. The van der Waals surface area contributed by atoms with Crippen molar-refractivity contribution in [2.75, 3.05) is 0 Å². The molecule has 4 heteroatoms. The first-order valence-electron chi connectivity index (χ1n) is 10.5. The zero-order valence-electron chi connectivity index (χ0n) is 16.4. The van der Waals surface area contributed by atoms with Crippen molar-refractivity contribution < 1.29 is 9.90 Å². The minimum atomic E-state index is -0.152. The molecule has 2 N–H and O–H groups in total. The normalized spacial score (nSPS) is 31.1. The van der Waals surface area contributed by atoms with Crippen molar-refractivity contribution in [3.63, 3.8) is 0 Å². The highest BCUT2D eigenvalue weighted by Gasteiger charge is 2.66. The second kappa shape index (κ2) is 6.63. The third-order valence-corrected chi connectivity index (χ3v) is 7.42. The Labute approximate surface area is 166 Å². The number of likely N-dealkylation sites (tertiary alicyclic amines) is 1. The lowest BCUT2D eigenvalue weighted by atomic mass is 9.47. The molecule has 1 aliphatic heterocycles. The van der Waals surface area contributed by atoms with Crippen LogP contribution in [-0.2, 0) is 6.54 Å². The summed E-state index contributed by atoms with van der Waals surface area (Å²) in [5, 5.41) is 13.3. The fraction of sp³-hybridized carbons (Fsp3) is 0.458. The summed E-state index contributed by atoms with van der Waals surface area (Å²) in [7, 11) is 0. The summed E-state index contributed by atoms with van der Waals surface area (Å²) in [6, 6.07) is 17.4. The quantitative estimate of drug-likeness (QED) is 0.848. The number of hydrogen-bond acceptors (Lipinski definition) is 3. The monoisotopic (exact) mass is 376 g/mol. The van der Waals surface area contributed by atoms with Crippen molar-refractivity contribution >= 4 is 5.91 Å². The van der Waals surface area contributed by atoms with E-state index < -0.39 is 0 Å². The molecular weight excluding hydrogens is 348 g/mol. The van der Waals surface area contributed by atoms with Gasteiger partial charge in [-0.05, 0) is 56.7 Å². The van der Waals surface area contributed by atoms with Crippen molar-refractivity contribution in [3.05, 3.63) is 65.2 Å². The van der Waals surface area contributed by atoms with Gasteiger partial charge in [-0.15, -0.1) is 0 Å². The molecule has 2 saturated carbocycles. The number of phenolic OH excluding ortho intramolecular Hbond substituents is 1. The predicted molar refractivity (Wildman–Crippen MR) is 109 cm³/mol. The number of benzene rings is 2. The van der Waals surface area contributed by atoms with Crippen LogP contribution in [0.3, 0.4) is 0 Å². The van der Waals surface area contributed by atoms with Crippen molar-refractivity contribution in [1.29, 1.82) is 0 Å². The van der Waals surface area contributed by atoms with E-state index in [9.17, 15) is 9.90 Å². The molecule has 3 unspecified atom stereocenters. The lowest BCUT2D eigenvalue weighted by Crippen LogP contribution is -2.78. The maximum atomic E-state index is 12.7. The predicted octanol–water partition coefficient (Wildman–Crippen LogP) is 4.02. The first-order valence-corrected chi connectivity index (χ1v) is 10.5. The number of aromatic hydroxyl groups is 1. The SMILES string of the molecule is Cc1ccc(O)c(C(=O)N[C@H]2CCC34CCC3N(Cc3ccccc3)C4C2)c1. The van der Waals surface area contributed by atoms with Crippen LogP contribution in [0.1, 0.15) is 53.6 Å². The minimum Gasteiger partial charge on any atom is -0.507 e. The number of amides is 1. The van der Waals surface area contributed by atoms with Gasteiger partial charge in [-0.1, -0.05) is 42.0 Å². The molecule has 3 aliphatic rings. The first-order chi connectivity index (χ1) is 13.6. The third kappa shape index (κ3) is 2.74. The molecule has 146 valence electrons. The van der Waals surface area contributed by atoms with Crippen LogP contribution >= 0.6 is 0 Å². The van der Waals surface area contributed by atoms with Gasteiger partial charge in [0.15, 0.2) is 0 Å². The average Bonchev–Trinajstić information content (AvgIpc) is 2.69. The molecule has 1 heterocycles. The van der Waals surface area contributed by atoms with Crippen LogP contribution in [-0.4, -0.2) is 34.0 Å². The maximum Gasteiger partial charge on any atom is 0.255 e. The van der Waals surface area contributed by atoms with Gasteiger partial charge in [0, 0.05) is 30.1 Å². The van der Waals surface area contributed by atoms with Gasteiger partial charge in [0.25, 0.3) is 5.91 Å². The van der Waals surface area contributed by atoms with Crippen LogP contribution in [0.15, 0.2) is 48.5 Å². The van der Waals surface area contributed by atoms with Gasteiger partial charge in [-0.2, -0.15) is 0 Å². The van der Waals surface area contributed by atoms with E-state index in [1.165, 1.54) is 24.8 Å². The first kappa shape index (κ1) is 17.7. The zero-order chi connectivity index (χ0) is 19.3. The summed E-state index contributed by atoms with van der Waals surface area (Å²) in [4.78, 5) is 15.4. The molecule has 4 nitrogen and oxygen atoms in total. The number of carbonyl (C=O) groups excluding carboxylic acids is 1. The van der Waals surface area contributed by atoms with E-state index in [1.54, 1.807) is 12.1 Å². The topological polar surface area (TPSA) is 52.6 Å². The van der Waals surface area contributed by atoms with Crippen molar-refractivity contribution in [2.45, 2.75) is 63.7 Å². The fourth-order valence-electron chi connectivity index (χ4n) is 5.89. The Morgan fingerprint density at radius 1 is 1.14 bits per heavy atom. The summed E-state index contributed by atoms with van der Waals surface area (Å²) >= 11 is 0. The van der Waals surface area contributed by atoms with E-state index in [1.807, 2.05) is 13.0 Å². The van der Waals surface area contributed by atoms with E-state index in [4.69, 9.17) is 0 Å². The molecule has 0 aromatic heterocycles. The van der Waals surface area contributed by atoms with Crippen LogP contribution in [0.2, 0.25) is 0 Å². The second-order valence-electron chi connectivity index (χ2n) is 8.93. The molecule has 1 spiro atoms. The Hall–Kier alpha value is -2.33. The highest BCUT2D eigenvalue weighted by atomic mass is 16.3. The van der Waals surface area contributed by atoms with Crippen molar-refractivity contribution in [2.24, 2.45) is 5.41 Å². The van der Waals surface area contributed by atoms with Gasteiger partial charge in [-0.25, -0.2) is 0 Å². The van der Waals surface area contributed by atoms with Crippen LogP contribution in [0.5, 0.6) is 5.75 Å². The maximum absolute atomic E-state index is 12.7. The van der Waals surface area contributed by atoms with Gasteiger partial charge < -0.3 is 10.4 Å². The summed E-state index contributed by atoms with van der Waals surface area (Å²) in [5.41, 5.74) is 3.24. The number of nitrogens with zero attached hydrogens (tertiary/aromatic N) is 1. The Morgan fingerprint density at radius 2 is 1.93 bits per heavy atom. The van der Waals surface area contributed by atoms with Crippen LogP contribution in [0.25, 0.3) is 0 Å². The number of aryl methyl sites for hydroxylation is 1. The van der Waals surface area contributed by atoms with Gasteiger partial charge in [0.2, 0.25) is 0 Å². The average molecular weight is 377 g/mol.